The van der Waals surface area contributed by atoms with Crippen molar-refractivity contribution in [1.29, 1.82) is 0 Å². The topological polar surface area (TPSA) is 176 Å². The Kier molecular flexibility index (Phi) is 7.40. The van der Waals surface area contributed by atoms with Crippen LogP contribution < -0.4 is 27.7 Å². The van der Waals surface area contributed by atoms with Gasteiger partial charge in [-0.15, -0.1) is 0 Å². The van der Waals surface area contributed by atoms with E-state index in [1.165, 1.54) is 33.6 Å². The lowest BCUT2D eigenvalue weighted by Crippen LogP contribution is -2.22. The minimum absolute atomic E-state index is 0.0314. The van der Waals surface area contributed by atoms with E-state index in [1.807, 2.05) is 20.8 Å². The van der Waals surface area contributed by atoms with Crippen molar-refractivity contribution in [3.8, 4) is 16.8 Å². The first-order chi connectivity index (χ1) is 20.3. The quantitative estimate of drug-likeness (QED) is 0.234. The van der Waals surface area contributed by atoms with Gasteiger partial charge >= 0.3 is 6.03 Å². The molecule has 0 spiro atoms. The number of anilines is 3. The van der Waals surface area contributed by atoms with Crippen LogP contribution >= 0.6 is 0 Å². The van der Waals surface area contributed by atoms with Gasteiger partial charge in [-0.05, 0) is 41.5 Å². The fourth-order valence-electron chi connectivity index (χ4n) is 4.56. The van der Waals surface area contributed by atoms with Crippen LogP contribution in [0.15, 0.2) is 65.6 Å². The number of primary amides is 1. The molecule has 0 atom stereocenters. The summed E-state index contributed by atoms with van der Waals surface area (Å²) in [7, 11) is 1.55. The fraction of sp³-hybridized carbons (Fsp3) is 0.200. The summed E-state index contributed by atoms with van der Waals surface area (Å²) in [5.74, 6) is -0.827. The average Bonchev–Trinajstić information content (AvgIpc) is 3.36. The summed E-state index contributed by atoms with van der Waals surface area (Å²) in [5, 5.41) is 10.5. The maximum absolute atomic E-state index is 14.9. The van der Waals surface area contributed by atoms with E-state index in [2.05, 4.69) is 25.7 Å². The molecule has 12 nitrogen and oxygen atoms in total. The molecule has 5 aromatic rings. The molecule has 0 unspecified atom stereocenters. The van der Waals surface area contributed by atoms with Crippen molar-refractivity contribution in [3.63, 3.8) is 0 Å². The second-order valence-corrected chi connectivity index (χ2v) is 11.1. The minimum atomic E-state index is -0.735. The molecule has 6 N–H and O–H groups in total. The number of urea groups is 1. The normalized spacial score (nSPS) is 11.5. The highest BCUT2D eigenvalue weighted by Crippen LogP contribution is 2.28. The molecule has 3 amide bonds. The number of benzene rings is 2. The summed E-state index contributed by atoms with van der Waals surface area (Å²) in [6, 6.07) is 13.6. The van der Waals surface area contributed by atoms with Crippen molar-refractivity contribution in [2.24, 2.45) is 12.8 Å². The van der Waals surface area contributed by atoms with E-state index in [9.17, 15) is 18.8 Å². The van der Waals surface area contributed by atoms with Crippen LogP contribution in [0.2, 0.25) is 0 Å². The second-order valence-electron chi connectivity index (χ2n) is 11.1. The van der Waals surface area contributed by atoms with Crippen molar-refractivity contribution in [2.75, 3.05) is 16.4 Å². The van der Waals surface area contributed by atoms with Gasteiger partial charge in [0.25, 0.3) is 5.56 Å². The number of pyridine rings is 1. The Labute approximate surface area is 245 Å². The number of rotatable bonds is 6. The number of amides is 3. The average molecular weight is 584 g/mol. The molecular formula is C30H30FN9O3. The van der Waals surface area contributed by atoms with Gasteiger partial charge in [-0.3, -0.25) is 19.5 Å². The Morgan fingerprint density at radius 2 is 1.81 bits per heavy atom. The van der Waals surface area contributed by atoms with Crippen LogP contribution in [0.3, 0.4) is 0 Å². The number of nitrogen functional groups attached to an aromatic ring is 1. The van der Waals surface area contributed by atoms with Crippen molar-refractivity contribution in [1.82, 2.24) is 24.3 Å². The van der Waals surface area contributed by atoms with Crippen LogP contribution in [0.4, 0.5) is 26.6 Å². The number of nitrogens with one attached hydrogen (secondary N) is 2. The monoisotopic (exact) mass is 583 g/mol. The summed E-state index contributed by atoms with van der Waals surface area (Å²) in [5.41, 5.74) is 13.1. The Morgan fingerprint density at radius 3 is 2.53 bits per heavy atom. The summed E-state index contributed by atoms with van der Waals surface area (Å²) in [6.07, 6.45) is 1.54. The van der Waals surface area contributed by atoms with Crippen molar-refractivity contribution >= 4 is 40.4 Å². The third kappa shape index (κ3) is 6.05. The van der Waals surface area contributed by atoms with E-state index in [4.69, 9.17) is 11.5 Å². The fourth-order valence-corrected chi connectivity index (χ4v) is 4.56. The van der Waals surface area contributed by atoms with Gasteiger partial charge in [0, 0.05) is 35.7 Å². The molecular weight excluding hydrogens is 553 g/mol. The first kappa shape index (κ1) is 28.9. The van der Waals surface area contributed by atoms with Crippen LogP contribution in [0.1, 0.15) is 32.0 Å². The maximum Gasteiger partial charge on any atom is 0.324 e. The van der Waals surface area contributed by atoms with Gasteiger partial charge in [0.1, 0.15) is 17.3 Å². The molecule has 0 bridgehead atoms. The summed E-state index contributed by atoms with van der Waals surface area (Å²) >= 11 is 0. The maximum atomic E-state index is 14.9. The smallest absolute Gasteiger partial charge is 0.324 e. The van der Waals surface area contributed by atoms with Crippen LogP contribution in [0.25, 0.3) is 27.8 Å². The Morgan fingerprint density at radius 1 is 1.05 bits per heavy atom. The Balaban J connectivity index is 1.46. The third-order valence-electron chi connectivity index (χ3n) is 6.75. The lowest BCUT2D eigenvalue weighted by atomic mass is 9.92. The van der Waals surface area contributed by atoms with Gasteiger partial charge in [-0.25, -0.2) is 18.9 Å². The number of fused-ring (bicyclic) bond motifs is 1. The van der Waals surface area contributed by atoms with Crippen molar-refractivity contribution < 1.29 is 14.0 Å². The van der Waals surface area contributed by atoms with Gasteiger partial charge < -0.3 is 16.8 Å². The van der Waals surface area contributed by atoms with Gasteiger partial charge in [0.05, 0.1) is 23.5 Å². The second kappa shape index (κ2) is 11.0. The van der Waals surface area contributed by atoms with E-state index < -0.39 is 17.8 Å². The lowest BCUT2D eigenvalue weighted by molar-refractivity contribution is -0.117. The molecule has 0 radical (unpaired) electrons. The minimum Gasteiger partial charge on any atom is -0.369 e. The number of aryl methyl sites for hydroxylation is 1. The molecule has 0 saturated heterocycles. The number of nitrogens with zero attached hydrogens (tertiary/aromatic N) is 5. The summed E-state index contributed by atoms with van der Waals surface area (Å²) in [4.78, 5) is 45.9. The largest absolute Gasteiger partial charge is 0.369 e. The van der Waals surface area contributed by atoms with E-state index >= 15 is 0 Å². The molecule has 220 valence electrons. The standard InChI is InChI=1S/C30H30FN9O3/c1-30(2,3)23-14-25(40(38-23)19-7-5-6-16(10-19)11-24(32)41)36-29(43)35-22-13-17(8-9-21(22)31)20-12-18-15-34-28(33)37-26(18)39(4)27(20)42/h5-10,12-15H,11H2,1-4H3,(H2,32,41)(H2,33,34,37)(H2,35,36,43). The number of carbonyl (C=O) groups is 2. The Bertz CT molecular complexity index is 1960. The predicted octanol–water partition coefficient (Wildman–Crippen LogP) is 3.87. The SMILES string of the molecule is Cn1c(=O)c(-c2ccc(F)c(NC(=O)Nc3cc(C(C)(C)C)nn3-c3cccc(CC(N)=O)c3)c2)cc2cnc(N)nc21. The van der Waals surface area contributed by atoms with Crippen LogP contribution in [0.5, 0.6) is 0 Å². The first-order valence-corrected chi connectivity index (χ1v) is 13.3. The highest BCUT2D eigenvalue weighted by Gasteiger charge is 2.22. The Hall–Kier alpha value is -5.59. The summed E-state index contributed by atoms with van der Waals surface area (Å²) < 4.78 is 17.8. The zero-order chi connectivity index (χ0) is 31.1. The van der Waals surface area contributed by atoms with Crippen LogP contribution in [0, 0.1) is 5.82 Å². The molecule has 3 heterocycles. The molecule has 0 aliphatic heterocycles. The molecule has 5 rings (SSSR count). The van der Waals surface area contributed by atoms with Gasteiger partial charge in [0.15, 0.2) is 0 Å². The van der Waals surface area contributed by atoms with E-state index in [1.54, 1.807) is 43.4 Å². The predicted molar refractivity (Wildman–Crippen MR) is 162 cm³/mol. The molecule has 2 aromatic carbocycles. The lowest BCUT2D eigenvalue weighted by Gasteiger charge is -2.14. The summed E-state index contributed by atoms with van der Waals surface area (Å²) in [6.45, 7) is 5.93. The number of aromatic nitrogens is 5. The number of hydrogen-bond acceptors (Lipinski definition) is 7. The molecule has 0 aliphatic rings. The molecule has 0 aliphatic carbocycles. The zero-order valence-corrected chi connectivity index (χ0v) is 24.0. The van der Waals surface area contributed by atoms with E-state index in [0.29, 0.717) is 39.4 Å². The van der Waals surface area contributed by atoms with Gasteiger partial charge in [-0.2, -0.15) is 10.1 Å². The highest BCUT2D eigenvalue weighted by atomic mass is 19.1. The third-order valence-corrected chi connectivity index (χ3v) is 6.75. The zero-order valence-electron chi connectivity index (χ0n) is 24.0. The van der Waals surface area contributed by atoms with Gasteiger partial charge in [0.2, 0.25) is 11.9 Å². The number of hydrogen-bond donors (Lipinski definition) is 4. The van der Waals surface area contributed by atoms with Crippen molar-refractivity contribution in [3.05, 3.63) is 88.2 Å². The number of carbonyl (C=O) groups excluding carboxylic acids is 2. The molecule has 0 saturated carbocycles. The van der Waals surface area contributed by atoms with Gasteiger partial charge in [-0.1, -0.05) is 39.0 Å². The number of nitrogens with two attached hydrogens (primary N) is 2. The molecule has 13 heteroatoms. The first-order valence-electron chi connectivity index (χ1n) is 13.3. The number of halogens is 1. The van der Waals surface area contributed by atoms with Crippen LogP contribution in [-0.4, -0.2) is 36.3 Å². The van der Waals surface area contributed by atoms with Crippen LogP contribution in [-0.2, 0) is 23.7 Å². The van der Waals surface area contributed by atoms with E-state index in [-0.39, 0.29) is 34.6 Å². The van der Waals surface area contributed by atoms with E-state index in [0.717, 1.165) is 0 Å². The highest BCUT2D eigenvalue weighted by molar-refractivity contribution is 6.00. The van der Waals surface area contributed by atoms with Crippen molar-refractivity contribution in [2.45, 2.75) is 32.6 Å². The molecule has 43 heavy (non-hydrogen) atoms. The molecule has 0 fully saturated rings. The molecule has 3 aromatic heterocycles.